The molecule has 1 N–H and O–H groups in total. The summed E-state index contributed by atoms with van der Waals surface area (Å²) in [5, 5.41) is 3.47. The van der Waals surface area contributed by atoms with Crippen molar-refractivity contribution in [2.24, 2.45) is 0 Å². The Morgan fingerprint density at radius 1 is 1.25 bits per heavy atom. The maximum Gasteiger partial charge on any atom is 0.573 e. The highest BCUT2D eigenvalue weighted by Crippen LogP contribution is 2.24. The molecule has 0 aliphatic rings. The molecule has 2 unspecified atom stereocenters. The van der Waals surface area contributed by atoms with Gasteiger partial charge in [0, 0.05) is 17.8 Å². The van der Waals surface area contributed by atoms with Crippen LogP contribution in [0.3, 0.4) is 0 Å². The van der Waals surface area contributed by atoms with Crippen LogP contribution in [0.15, 0.2) is 24.3 Å². The smallest absolute Gasteiger partial charge is 0.406 e. The van der Waals surface area contributed by atoms with Crippen LogP contribution in [0, 0.1) is 0 Å². The molecule has 0 aromatic heterocycles. The predicted octanol–water partition coefficient (Wildman–Crippen LogP) is 4.38. The van der Waals surface area contributed by atoms with Crippen LogP contribution >= 0.6 is 11.8 Å². The second kappa shape index (κ2) is 7.78. The van der Waals surface area contributed by atoms with Gasteiger partial charge in [0.2, 0.25) is 0 Å². The van der Waals surface area contributed by atoms with Crippen molar-refractivity contribution in [2.45, 2.75) is 38.7 Å². The van der Waals surface area contributed by atoms with Gasteiger partial charge in [-0.3, -0.25) is 0 Å². The van der Waals surface area contributed by atoms with Gasteiger partial charge in [-0.25, -0.2) is 0 Å². The Kier molecular flexibility index (Phi) is 6.68. The molecule has 0 radical (unpaired) electrons. The van der Waals surface area contributed by atoms with E-state index < -0.39 is 6.36 Å². The molecular formula is C14H20F3NOS. The van der Waals surface area contributed by atoms with Gasteiger partial charge in [-0.1, -0.05) is 19.1 Å². The van der Waals surface area contributed by atoms with E-state index in [4.69, 9.17) is 0 Å². The first-order valence-electron chi connectivity index (χ1n) is 6.46. The summed E-state index contributed by atoms with van der Waals surface area (Å²) in [5.74, 6) is 0.820. The van der Waals surface area contributed by atoms with E-state index in [2.05, 4.69) is 23.2 Å². The summed E-state index contributed by atoms with van der Waals surface area (Å²) in [7, 11) is 0. The monoisotopic (exact) mass is 307 g/mol. The maximum absolute atomic E-state index is 12.1. The third kappa shape index (κ3) is 6.05. The Morgan fingerprint density at radius 3 is 2.30 bits per heavy atom. The van der Waals surface area contributed by atoms with E-state index in [1.807, 2.05) is 6.92 Å². The third-order valence-electron chi connectivity index (χ3n) is 2.96. The summed E-state index contributed by atoms with van der Waals surface area (Å²) in [6, 6.07) is 6.49. The SMILES string of the molecule is CCC(CSC)NC(C)c1ccc(OC(F)(F)F)cc1. The molecule has 0 spiro atoms. The zero-order valence-electron chi connectivity index (χ0n) is 11.8. The van der Waals surface area contributed by atoms with Crippen molar-refractivity contribution in [3.05, 3.63) is 29.8 Å². The molecule has 20 heavy (non-hydrogen) atoms. The lowest BCUT2D eigenvalue weighted by molar-refractivity contribution is -0.274. The molecule has 0 saturated heterocycles. The van der Waals surface area contributed by atoms with E-state index in [0.29, 0.717) is 6.04 Å². The lowest BCUT2D eigenvalue weighted by atomic mass is 10.1. The summed E-state index contributed by atoms with van der Waals surface area (Å²) in [4.78, 5) is 0. The van der Waals surface area contributed by atoms with Crippen molar-refractivity contribution >= 4 is 11.8 Å². The molecule has 0 fully saturated rings. The molecule has 6 heteroatoms. The zero-order chi connectivity index (χ0) is 15.2. The van der Waals surface area contributed by atoms with Crippen molar-refractivity contribution in [3.63, 3.8) is 0 Å². The van der Waals surface area contributed by atoms with Crippen LogP contribution in [0.25, 0.3) is 0 Å². The van der Waals surface area contributed by atoms with Crippen molar-refractivity contribution < 1.29 is 17.9 Å². The Hall–Kier alpha value is -0.880. The van der Waals surface area contributed by atoms with Gasteiger partial charge in [-0.05, 0) is 37.3 Å². The highest BCUT2D eigenvalue weighted by atomic mass is 32.2. The first-order chi connectivity index (χ1) is 9.35. The fourth-order valence-corrected chi connectivity index (χ4v) is 2.63. The maximum atomic E-state index is 12.1. The van der Waals surface area contributed by atoms with Crippen LogP contribution in [0.4, 0.5) is 13.2 Å². The van der Waals surface area contributed by atoms with Crippen molar-refractivity contribution in [1.29, 1.82) is 0 Å². The zero-order valence-corrected chi connectivity index (χ0v) is 12.6. The number of hydrogen-bond donors (Lipinski definition) is 1. The average molecular weight is 307 g/mol. The molecule has 1 rings (SSSR count). The fraction of sp³-hybridized carbons (Fsp3) is 0.571. The largest absolute Gasteiger partial charge is 0.573 e. The lowest BCUT2D eigenvalue weighted by Crippen LogP contribution is -2.32. The molecule has 0 amide bonds. The first-order valence-corrected chi connectivity index (χ1v) is 7.85. The van der Waals surface area contributed by atoms with Gasteiger partial charge < -0.3 is 10.1 Å². The van der Waals surface area contributed by atoms with Crippen LogP contribution in [-0.4, -0.2) is 24.4 Å². The van der Waals surface area contributed by atoms with E-state index in [-0.39, 0.29) is 11.8 Å². The van der Waals surface area contributed by atoms with Crippen LogP contribution in [0.5, 0.6) is 5.75 Å². The minimum atomic E-state index is -4.64. The van der Waals surface area contributed by atoms with Crippen molar-refractivity contribution in [3.8, 4) is 5.75 Å². The fourth-order valence-electron chi connectivity index (χ4n) is 1.89. The second-order valence-electron chi connectivity index (χ2n) is 4.57. The molecule has 2 atom stereocenters. The van der Waals surface area contributed by atoms with Gasteiger partial charge in [0.25, 0.3) is 0 Å². The Morgan fingerprint density at radius 2 is 1.85 bits per heavy atom. The molecule has 0 heterocycles. The molecule has 0 aliphatic heterocycles. The van der Waals surface area contributed by atoms with Gasteiger partial charge in [-0.2, -0.15) is 11.8 Å². The molecule has 2 nitrogen and oxygen atoms in total. The highest BCUT2D eigenvalue weighted by Gasteiger charge is 2.31. The average Bonchev–Trinajstić information content (AvgIpc) is 2.37. The Labute approximate surface area is 122 Å². The van der Waals surface area contributed by atoms with Gasteiger partial charge in [0.15, 0.2) is 0 Å². The van der Waals surface area contributed by atoms with E-state index in [1.54, 1.807) is 23.9 Å². The van der Waals surface area contributed by atoms with Crippen LogP contribution < -0.4 is 10.1 Å². The number of hydrogen-bond acceptors (Lipinski definition) is 3. The summed E-state index contributed by atoms with van der Waals surface area (Å²) < 4.78 is 40.1. The highest BCUT2D eigenvalue weighted by molar-refractivity contribution is 7.98. The predicted molar refractivity (Wildman–Crippen MR) is 77.1 cm³/mol. The van der Waals surface area contributed by atoms with Gasteiger partial charge >= 0.3 is 6.36 Å². The van der Waals surface area contributed by atoms with Gasteiger partial charge in [0.05, 0.1) is 0 Å². The summed E-state index contributed by atoms with van der Waals surface area (Å²) in [6.45, 7) is 4.11. The van der Waals surface area contributed by atoms with Crippen LogP contribution in [0.1, 0.15) is 31.9 Å². The van der Waals surface area contributed by atoms with Crippen molar-refractivity contribution in [1.82, 2.24) is 5.32 Å². The number of ether oxygens (including phenoxy) is 1. The molecular weight excluding hydrogens is 287 g/mol. The van der Waals surface area contributed by atoms with Crippen LogP contribution in [-0.2, 0) is 0 Å². The Bertz CT molecular complexity index is 394. The van der Waals surface area contributed by atoms with E-state index in [0.717, 1.165) is 17.7 Å². The van der Waals surface area contributed by atoms with Crippen LogP contribution in [0.2, 0.25) is 0 Å². The minimum Gasteiger partial charge on any atom is -0.406 e. The number of alkyl halides is 3. The standard InChI is InChI=1S/C14H20F3NOS/c1-4-12(9-20-3)18-10(2)11-5-7-13(8-6-11)19-14(15,16)17/h5-8,10,12,18H,4,9H2,1-3H3. The summed E-state index contributed by atoms with van der Waals surface area (Å²) in [5.41, 5.74) is 0.944. The quantitative estimate of drug-likeness (QED) is 0.808. The second-order valence-corrected chi connectivity index (χ2v) is 5.48. The number of nitrogens with one attached hydrogen (secondary N) is 1. The van der Waals surface area contributed by atoms with E-state index >= 15 is 0 Å². The molecule has 0 saturated carbocycles. The lowest BCUT2D eigenvalue weighted by Gasteiger charge is -2.22. The third-order valence-corrected chi connectivity index (χ3v) is 3.70. The number of rotatable bonds is 7. The first kappa shape index (κ1) is 17.2. The Balaban J connectivity index is 2.63. The molecule has 1 aromatic rings. The minimum absolute atomic E-state index is 0.0898. The van der Waals surface area contributed by atoms with E-state index in [9.17, 15) is 13.2 Å². The number of halogens is 3. The molecule has 0 aliphatic carbocycles. The van der Waals surface area contributed by atoms with Crippen molar-refractivity contribution in [2.75, 3.05) is 12.0 Å². The number of benzene rings is 1. The summed E-state index contributed by atoms with van der Waals surface area (Å²) >= 11 is 1.77. The molecule has 0 bridgehead atoms. The normalized spacial score (nSPS) is 14.9. The van der Waals surface area contributed by atoms with Gasteiger partial charge in [0.1, 0.15) is 5.75 Å². The van der Waals surface area contributed by atoms with Gasteiger partial charge in [-0.15, -0.1) is 13.2 Å². The van der Waals surface area contributed by atoms with E-state index in [1.165, 1.54) is 12.1 Å². The molecule has 1 aromatic carbocycles. The number of thioether (sulfide) groups is 1. The molecule has 114 valence electrons. The topological polar surface area (TPSA) is 21.3 Å². The summed E-state index contributed by atoms with van der Waals surface area (Å²) in [6.07, 6.45) is -1.57.